The molecule has 0 saturated carbocycles. The molecule has 0 saturated heterocycles. The van der Waals surface area contributed by atoms with Crippen LogP contribution in [0.15, 0.2) is 10.7 Å². The van der Waals surface area contributed by atoms with Gasteiger partial charge >= 0.3 is 5.97 Å². The second-order valence-electron chi connectivity index (χ2n) is 2.49. The third kappa shape index (κ3) is 2.34. The van der Waals surface area contributed by atoms with Gasteiger partial charge in [-0.05, 0) is 15.9 Å². The molecule has 1 aromatic rings. The van der Waals surface area contributed by atoms with E-state index in [4.69, 9.17) is 5.11 Å². The molecule has 0 amide bonds. The van der Waals surface area contributed by atoms with Crippen molar-refractivity contribution >= 4 is 21.9 Å². The molecule has 0 radical (unpaired) electrons. The van der Waals surface area contributed by atoms with Crippen LogP contribution in [0.3, 0.4) is 0 Å². The number of aliphatic carboxylic acids is 1. The van der Waals surface area contributed by atoms with Crippen LogP contribution >= 0.6 is 15.9 Å². The Morgan fingerprint density at radius 1 is 1.83 bits per heavy atom. The number of rotatable bonds is 3. The van der Waals surface area contributed by atoms with Crippen LogP contribution < -0.4 is 0 Å². The first-order valence-electron chi connectivity index (χ1n) is 3.49. The molecule has 0 aliphatic heterocycles. The van der Waals surface area contributed by atoms with E-state index in [2.05, 4.69) is 21.0 Å². The lowest BCUT2D eigenvalue weighted by molar-refractivity contribution is -0.136. The molecule has 1 aromatic heterocycles. The van der Waals surface area contributed by atoms with Crippen LogP contribution in [0.5, 0.6) is 0 Å². The first kappa shape index (κ1) is 9.25. The number of hydrogen-bond donors (Lipinski definition) is 1. The number of carboxylic acid groups (broad SMARTS) is 1. The molecule has 0 aliphatic rings. The molecule has 0 spiro atoms. The molecule has 0 unspecified atom stereocenters. The zero-order valence-corrected chi connectivity index (χ0v) is 8.21. The van der Waals surface area contributed by atoms with E-state index in [9.17, 15) is 4.79 Å². The van der Waals surface area contributed by atoms with E-state index in [1.54, 1.807) is 17.9 Å². The van der Waals surface area contributed by atoms with Gasteiger partial charge < -0.3 is 5.11 Å². The summed E-state index contributed by atoms with van der Waals surface area (Å²) in [5.41, 5.74) is 0.792. The van der Waals surface area contributed by atoms with Crippen LogP contribution in [-0.4, -0.2) is 20.9 Å². The molecule has 1 rings (SSSR count). The molecule has 0 fully saturated rings. The first-order valence-corrected chi connectivity index (χ1v) is 4.28. The van der Waals surface area contributed by atoms with E-state index in [0.29, 0.717) is 6.42 Å². The maximum absolute atomic E-state index is 10.2. The van der Waals surface area contributed by atoms with Crippen LogP contribution in [0.25, 0.3) is 0 Å². The Balaban J connectivity index is 2.62. The van der Waals surface area contributed by atoms with Crippen molar-refractivity contribution in [1.29, 1.82) is 0 Å². The quantitative estimate of drug-likeness (QED) is 0.853. The van der Waals surface area contributed by atoms with Gasteiger partial charge in [-0.3, -0.25) is 9.48 Å². The van der Waals surface area contributed by atoms with Crippen molar-refractivity contribution in [3.8, 4) is 0 Å². The third-order valence-electron chi connectivity index (χ3n) is 1.43. The number of nitrogens with zero attached hydrogens (tertiary/aromatic N) is 2. The van der Waals surface area contributed by atoms with E-state index < -0.39 is 5.97 Å². The van der Waals surface area contributed by atoms with Gasteiger partial charge in [-0.1, -0.05) is 0 Å². The summed E-state index contributed by atoms with van der Waals surface area (Å²) in [6.07, 6.45) is 2.39. The Morgan fingerprint density at radius 2 is 2.50 bits per heavy atom. The molecular formula is C7H9BrN2O2. The summed E-state index contributed by atoms with van der Waals surface area (Å²) in [5.74, 6) is -0.799. The minimum atomic E-state index is -0.799. The van der Waals surface area contributed by atoms with Gasteiger partial charge in [-0.15, -0.1) is 0 Å². The smallest absolute Gasteiger partial charge is 0.303 e. The second kappa shape index (κ2) is 3.71. The minimum Gasteiger partial charge on any atom is -0.481 e. The van der Waals surface area contributed by atoms with Crippen LogP contribution in [0.1, 0.15) is 12.1 Å². The van der Waals surface area contributed by atoms with Crippen molar-refractivity contribution in [2.24, 2.45) is 7.05 Å². The molecule has 12 heavy (non-hydrogen) atoms. The van der Waals surface area contributed by atoms with E-state index >= 15 is 0 Å². The summed E-state index contributed by atoms with van der Waals surface area (Å²) in [6.45, 7) is 0. The standard InChI is InChI=1S/C7H9BrN2O2/c1-10-4-5(8)6(9-10)2-3-7(11)12/h4H,2-3H2,1H3,(H,11,12). The number of carboxylic acids is 1. The molecule has 66 valence electrons. The van der Waals surface area contributed by atoms with Gasteiger partial charge in [0.05, 0.1) is 16.6 Å². The average Bonchev–Trinajstić information content (AvgIpc) is 2.26. The van der Waals surface area contributed by atoms with Crippen LogP contribution in [0, 0.1) is 0 Å². The van der Waals surface area contributed by atoms with Gasteiger partial charge in [0.25, 0.3) is 0 Å². The van der Waals surface area contributed by atoms with E-state index in [-0.39, 0.29) is 6.42 Å². The fourth-order valence-electron chi connectivity index (χ4n) is 0.900. The Bertz CT molecular complexity index is 296. The van der Waals surface area contributed by atoms with E-state index in [0.717, 1.165) is 10.2 Å². The fraction of sp³-hybridized carbons (Fsp3) is 0.429. The number of halogens is 1. The third-order valence-corrected chi connectivity index (χ3v) is 2.09. The molecule has 1 N–H and O–H groups in total. The Kier molecular flexibility index (Phi) is 2.86. The van der Waals surface area contributed by atoms with Crippen molar-refractivity contribution in [2.45, 2.75) is 12.8 Å². The van der Waals surface area contributed by atoms with Gasteiger partial charge in [-0.25, -0.2) is 0 Å². The van der Waals surface area contributed by atoms with Crippen molar-refractivity contribution in [1.82, 2.24) is 9.78 Å². The van der Waals surface area contributed by atoms with Crippen molar-refractivity contribution in [2.75, 3.05) is 0 Å². The lowest BCUT2D eigenvalue weighted by Gasteiger charge is -1.92. The van der Waals surface area contributed by atoms with Gasteiger partial charge in [-0.2, -0.15) is 5.10 Å². The van der Waals surface area contributed by atoms with Gasteiger partial charge in [0.1, 0.15) is 0 Å². The topological polar surface area (TPSA) is 55.1 Å². The average molecular weight is 233 g/mol. The molecule has 0 atom stereocenters. The summed E-state index contributed by atoms with van der Waals surface area (Å²) in [4.78, 5) is 10.2. The molecule has 0 aliphatic carbocycles. The number of aryl methyl sites for hydroxylation is 2. The van der Waals surface area contributed by atoms with Crippen LogP contribution in [0.2, 0.25) is 0 Å². The lowest BCUT2D eigenvalue weighted by Crippen LogP contribution is -1.99. The number of hydrogen-bond acceptors (Lipinski definition) is 2. The highest BCUT2D eigenvalue weighted by Crippen LogP contribution is 2.15. The summed E-state index contributed by atoms with van der Waals surface area (Å²) >= 11 is 3.29. The van der Waals surface area contributed by atoms with Crippen molar-refractivity contribution < 1.29 is 9.90 Å². The summed E-state index contributed by atoms with van der Waals surface area (Å²) in [5, 5.41) is 12.5. The predicted octanol–water partition coefficient (Wildman–Crippen LogP) is 1.20. The summed E-state index contributed by atoms with van der Waals surface area (Å²) < 4.78 is 2.52. The van der Waals surface area contributed by atoms with Gasteiger partial charge in [0.15, 0.2) is 0 Å². The largest absolute Gasteiger partial charge is 0.481 e. The first-order chi connectivity index (χ1) is 5.59. The van der Waals surface area contributed by atoms with E-state index in [1.807, 2.05) is 0 Å². The SMILES string of the molecule is Cn1cc(Br)c(CCC(=O)O)n1. The summed E-state index contributed by atoms with van der Waals surface area (Å²) in [6, 6.07) is 0. The molecule has 4 nitrogen and oxygen atoms in total. The lowest BCUT2D eigenvalue weighted by atomic mass is 10.2. The maximum Gasteiger partial charge on any atom is 0.303 e. The maximum atomic E-state index is 10.2. The number of carbonyl (C=O) groups is 1. The van der Waals surface area contributed by atoms with Crippen molar-refractivity contribution in [3.63, 3.8) is 0 Å². The highest BCUT2D eigenvalue weighted by atomic mass is 79.9. The van der Waals surface area contributed by atoms with E-state index in [1.165, 1.54) is 0 Å². The highest BCUT2D eigenvalue weighted by Gasteiger charge is 2.06. The number of aromatic nitrogens is 2. The van der Waals surface area contributed by atoms with Gasteiger partial charge in [0.2, 0.25) is 0 Å². The summed E-state index contributed by atoms with van der Waals surface area (Å²) in [7, 11) is 1.80. The minimum absolute atomic E-state index is 0.121. The molecule has 0 aromatic carbocycles. The van der Waals surface area contributed by atoms with Crippen LogP contribution in [0.4, 0.5) is 0 Å². The second-order valence-corrected chi connectivity index (χ2v) is 3.35. The monoisotopic (exact) mass is 232 g/mol. The van der Waals surface area contributed by atoms with Crippen LogP contribution in [-0.2, 0) is 18.3 Å². The Labute approximate surface area is 78.3 Å². The Morgan fingerprint density at radius 3 is 2.92 bits per heavy atom. The molecule has 0 bridgehead atoms. The molecule has 1 heterocycles. The highest BCUT2D eigenvalue weighted by molar-refractivity contribution is 9.10. The van der Waals surface area contributed by atoms with Gasteiger partial charge in [0, 0.05) is 19.7 Å². The van der Waals surface area contributed by atoms with Crippen molar-refractivity contribution in [3.05, 3.63) is 16.4 Å². The normalized spacial score (nSPS) is 10.2. The molecule has 5 heteroatoms. The predicted molar refractivity (Wildman–Crippen MR) is 46.9 cm³/mol. The molecular weight excluding hydrogens is 224 g/mol. The zero-order chi connectivity index (χ0) is 9.14. The zero-order valence-electron chi connectivity index (χ0n) is 6.62. The Hall–Kier alpha value is -0.840. The fourth-order valence-corrected chi connectivity index (χ4v) is 1.47.